The van der Waals surface area contributed by atoms with Gasteiger partial charge in [0.2, 0.25) is 0 Å². The predicted octanol–water partition coefficient (Wildman–Crippen LogP) is 2.12. The second kappa shape index (κ2) is 7.80. The number of aryl methyl sites for hydroxylation is 1. The second-order valence-electron chi connectivity index (χ2n) is 7.76. The average Bonchev–Trinajstić information content (AvgIpc) is 3.29. The molecule has 0 radical (unpaired) electrons. The average molecular weight is 372 g/mol. The maximum atomic E-state index is 12.5. The maximum Gasteiger partial charge on any atom is 0.276 e. The summed E-state index contributed by atoms with van der Waals surface area (Å²) in [7, 11) is 2.07. The Labute approximate surface area is 159 Å². The van der Waals surface area contributed by atoms with Crippen molar-refractivity contribution < 1.29 is 9.32 Å². The van der Waals surface area contributed by atoms with Crippen LogP contribution in [0.5, 0.6) is 0 Å². The first-order valence-electron chi connectivity index (χ1n) is 9.95. The number of carbonyl (C=O) groups excluding carboxylic acids is 1. The van der Waals surface area contributed by atoms with Gasteiger partial charge < -0.3 is 14.0 Å². The Bertz CT molecular complexity index is 784. The zero-order chi connectivity index (χ0) is 18.8. The van der Waals surface area contributed by atoms with Crippen LogP contribution in [-0.2, 0) is 13.6 Å². The third-order valence-corrected chi connectivity index (χ3v) is 5.81. The lowest BCUT2D eigenvalue weighted by Gasteiger charge is -2.31. The molecule has 2 fully saturated rings. The number of amides is 1. The highest BCUT2D eigenvalue weighted by molar-refractivity contribution is 5.92. The third-order valence-electron chi connectivity index (χ3n) is 5.81. The van der Waals surface area contributed by atoms with Gasteiger partial charge in [0.15, 0.2) is 5.69 Å². The molecule has 146 valence electrons. The second-order valence-corrected chi connectivity index (χ2v) is 7.76. The molecule has 0 N–H and O–H groups in total. The van der Waals surface area contributed by atoms with Crippen LogP contribution in [-0.4, -0.2) is 61.8 Å². The fourth-order valence-corrected chi connectivity index (χ4v) is 4.16. The van der Waals surface area contributed by atoms with Gasteiger partial charge in [-0.15, -0.1) is 10.2 Å². The van der Waals surface area contributed by atoms with E-state index in [2.05, 4.69) is 31.9 Å². The molecule has 0 aromatic carbocycles. The standard InChI is InChI=1S/C19H28N6O2/c1-14-12-16(22-27-14)19(26)25-10-6-15(7-11-25)18-21-20-17(23(18)2)13-24-8-4-3-5-9-24/h12,15H,3-11,13H2,1-2H3. The molecule has 2 aromatic heterocycles. The van der Waals surface area contributed by atoms with E-state index in [1.165, 1.54) is 19.3 Å². The van der Waals surface area contributed by atoms with Crippen molar-refractivity contribution in [3.05, 3.63) is 29.2 Å². The van der Waals surface area contributed by atoms with E-state index >= 15 is 0 Å². The van der Waals surface area contributed by atoms with Crippen molar-refractivity contribution in [1.29, 1.82) is 0 Å². The Balaban J connectivity index is 1.36. The zero-order valence-electron chi connectivity index (χ0n) is 16.2. The van der Waals surface area contributed by atoms with E-state index in [0.717, 1.165) is 44.1 Å². The Hall–Kier alpha value is -2.22. The number of hydrogen-bond donors (Lipinski definition) is 0. The molecule has 0 atom stereocenters. The lowest BCUT2D eigenvalue weighted by atomic mass is 9.95. The van der Waals surface area contributed by atoms with E-state index in [9.17, 15) is 4.79 Å². The van der Waals surface area contributed by atoms with Crippen LogP contribution in [0.3, 0.4) is 0 Å². The smallest absolute Gasteiger partial charge is 0.276 e. The summed E-state index contributed by atoms with van der Waals surface area (Å²) in [4.78, 5) is 16.8. The number of carbonyl (C=O) groups is 1. The first kappa shape index (κ1) is 18.2. The third kappa shape index (κ3) is 3.90. The van der Waals surface area contributed by atoms with Gasteiger partial charge in [0, 0.05) is 32.1 Å². The van der Waals surface area contributed by atoms with Gasteiger partial charge in [0.1, 0.15) is 17.4 Å². The number of nitrogens with zero attached hydrogens (tertiary/aromatic N) is 6. The number of rotatable bonds is 4. The molecule has 0 unspecified atom stereocenters. The van der Waals surface area contributed by atoms with Crippen molar-refractivity contribution in [2.24, 2.45) is 7.05 Å². The summed E-state index contributed by atoms with van der Waals surface area (Å²) in [5.41, 5.74) is 0.397. The number of hydrogen-bond acceptors (Lipinski definition) is 6. The molecule has 0 bridgehead atoms. The van der Waals surface area contributed by atoms with Crippen LogP contribution in [0.15, 0.2) is 10.6 Å². The van der Waals surface area contributed by atoms with Crippen molar-refractivity contribution in [3.8, 4) is 0 Å². The van der Waals surface area contributed by atoms with Gasteiger partial charge in [-0.2, -0.15) is 0 Å². The molecular weight excluding hydrogens is 344 g/mol. The fraction of sp³-hybridized carbons (Fsp3) is 0.684. The fourth-order valence-electron chi connectivity index (χ4n) is 4.16. The highest BCUT2D eigenvalue weighted by Gasteiger charge is 2.29. The van der Waals surface area contributed by atoms with Crippen LogP contribution < -0.4 is 0 Å². The molecule has 2 aliphatic rings. The Morgan fingerprint density at radius 1 is 1.15 bits per heavy atom. The van der Waals surface area contributed by atoms with Gasteiger partial charge in [0.25, 0.3) is 5.91 Å². The molecule has 8 heteroatoms. The SMILES string of the molecule is Cc1cc(C(=O)N2CCC(c3nnc(CN4CCCCC4)n3C)CC2)no1. The van der Waals surface area contributed by atoms with Crippen molar-refractivity contribution in [2.45, 2.75) is 51.5 Å². The normalized spacial score (nSPS) is 19.6. The molecular formula is C19H28N6O2. The van der Waals surface area contributed by atoms with Gasteiger partial charge >= 0.3 is 0 Å². The maximum absolute atomic E-state index is 12.5. The first-order valence-corrected chi connectivity index (χ1v) is 9.95. The van der Waals surface area contributed by atoms with Crippen LogP contribution in [0.1, 0.15) is 65.9 Å². The Kier molecular flexibility index (Phi) is 5.24. The quantitative estimate of drug-likeness (QED) is 0.818. The number of aromatic nitrogens is 4. The highest BCUT2D eigenvalue weighted by Crippen LogP contribution is 2.28. The lowest BCUT2D eigenvalue weighted by Crippen LogP contribution is -2.38. The van der Waals surface area contributed by atoms with Gasteiger partial charge in [-0.05, 0) is 45.7 Å². The molecule has 4 heterocycles. The summed E-state index contributed by atoms with van der Waals surface area (Å²) < 4.78 is 7.19. The summed E-state index contributed by atoms with van der Waals surface area (Å²) >= 11 is 0. The topological polar surface area (TPSA) is 80.3 Å². The van der Waals surface area contributed by atoms with Crippen molar-refractivity contribution in [3.63, 3.8) is 0 Å². The minimum atomic E-state index is -0.0472. The van der Waals surface area contributed by atoms with Crippen molar-refractivity contribution >= 4 is 5.91 Å². The molecule has 2 aliphatic heterocycles. The number of piperidine rings is 2. The van der Waals surface area contributed by atoms with E-state index in [-0.39, 0.29) is 5.91 Å². The monoisotopic (exact) mass is 372 g/mol. The van der Waals surface area contributed by atoms with E-state index in [0.29, 0.717) is 30.5 Å². The van der Waals surface area contributed by atoms with Gasteiger partial charge in [-0.3, -0.25) is 9.69 Å². The van der Waals surface area contributed by atoms with Crippen molar-refractivity contribution in [2.75, 3.05) is 26.2 Å². The van der Waals surface area contributed by atoms with E-state index < -0.39 is 0 Å². The Morgan fingerprint density at radius 2 is 1.89 bits per heavy atom. The van der Waals surface area contributed by atoms with Crippen LogP contribution in [0.4, 0.5) is 0 Å². The summed E-state index contributed by atoms with van der Waals surface area (Å²) in [6.45, 7) is 6.42. The molecule has 0 saturated carbocycles. The van der Waals surface area contributed by atoms with E-state index in [4.69, 9.17) is 4.52 Å². The van der Waals surface area contributed by atoms with E-state index in [1.807, 2.05) is 4.90 Å². The number of likely N-dealkylation sites (tertiary alicyclic amines) is 2. The Morgan fingerprint density at radius 3 is 2.56 bits per heavy atom. The minimum absolute atomic E-state index is 0.0472. The molecule has 1 amide bonds. The first-order chi connectivity index (χ1) is 13.1. The molecule has 27 heavy (non-hydrogen) atoms. The van der Waals surface area contributed by atoms with Gasteiger partial charge in [0.05, 0.1) is 6.54 Å². The summed E-state index contributed by atoms with van der Waals surface area (Å²) in [5.74, 6) is 3.05. The van der Waals surface area contributed by atoms with Gasteiger partial charge in [-0.25, -0.2) is 0 Å². The molecule has 0 aliphatic carbocycles. The molecule has 2 aromatic rings. The molecule has 0 spiro atoms. The van der Waals surface area contributed by atoms with Crippen LogP contribution in [0.2, 0.25) is 0 Å². The summed E-state index contributed by atoms with van der Waals surface area (Å²) in [6.07, 6.45) is 5.70. The molecule has 8 nitrogen and oxygen atoms in total. The molecule has 4 rings (SSSR count). The summed E-state index contributed by atoms with van der Waals surface area (Å²) in [5, 5.41) is 12.8. The van der Waals surface area contributed by atoms with Crippen molar-refractivity contribution in [1.82, 2.24) is 29.7 Å². The summed E-state index contributed by atoms with van der Waals surface area (Å²) in [6, 6.07) is 1.70. The zero-order valence-corrected chi connectivity index (χ0v) is 16.2. The largest absolute Gasteiger partial charge is 0.361 e. The van der Waals surface area contributed by atoms with E-state index in [1.54, 1.807) is 13.0 Å². The minimum Gasteiger partial charge on any atom is -0.361 e. The lowest BCUT2D eigenvalue weighted by molar-refractivity contribution is 0.0700. The highest BCUT2D eigenvalue weighted by atomic mass is 16.5. The van der Waals surface area contributed by atoms with Crippen LogP contribution in [0.25, 0.3) is 0 Å². The van der Waals surface area contributed by atoms with Gasteiger partial charge in [-0.1, -0.05) is 11.6 Å². The van der Waals surface area contributed by atoms with Crippen LogP contribution in [0, 0.1) is 6.92 Å². The molecule has 2 saturated heterocycles. The van der Waals surface area contributed by atoms with Crippen LogP contribution >= 0.6 is 0 Å². The predicted molar refractivity (Wildman–Crippen MR) is 99.2 cm³/mol.